The van der Waals surface area contributed by atoms with Gasteiger partial charge in [0.15, 0.2) is 11.5 Å². The number of nitrogens with two attached hydrogens (primary N) is 1. The van der Waals surface area contributed by atoms with Gasteiger partial charge in [-0.25, -0.2) is 0 Å². The van der Waals surface area contributed by atoms with Gasteiger partial charge in [0.25, 0.3) is 0 Å². The van der Waals surface area contributed by atoms with E-state index >= 15 is 0 Å². The summed E-state index contributed by atoms with van der Waals surface area (Å²) in [6.07, 6.45) is 3.80. The Labute approximate surface area is 120 Å². The van der Waals surface area contributed by atoms with Gasteiger partial charge in [-0.15, -0.1) is 0 Å². The number of rotatable bonds is 3. The van der Waals surface area contributed by atoms with E-state index in [1.165, 1.54) is 6.42 Å². The average Bonchev–Trinajstić information content (AvgIpc) is 2.83. The Kier molecular flexibility index (Phi) is 3.74. The smallest absolute Gasteiger partial charge is 0.231 e. The molecule has 0 radical (unpaired) electrons. The molecule has 0 bridgehead atoms. The first-order chi connectivity index (χ1) is 9.65. The normalized spacial score (nSPS) is 28.4. The molecule has 2 aliphatic rings. The lowest BCUT2D eigenvalue weighted by atomic mass is 9.82. The highest BCUT2D eigenvalue weighted by atomic mass is 16.7. The summed E-state index contributed by atoms with van der Waals surface area (Å²) in [4.78, 5) is 0. The summed E-state index contributed by atoms with van der Waals surface area (Å²) in [5.74, 6) is 3.82. The van der Waals surface area contributed by atoms with Crippen LogP contribution in [0.2, 0.25) is 0 Å². The first-order valence-corrected chi connectivity index (χ1v) is 7.45. The van der Waals surface area contributed by atoms with Gasteiger partial charge in [-0.05, 0) is 37.2 Å². The van der Waals surface area contributed by atoms with Gasteiger partial charge < -0.3 is 19.9 Å². The zero-order valence-electron chi connectivity index (χ0n) is 12.2. The van der Waals surface area contributed by atoms with Crippen molar-refractivity contribution in [3.05, 3.63) is 17.7 Å². The third-order valence-corrected chi connectivity index (χ3v) is 4.20. The van der Waals surface area contributed by atoms with Crippen molar-refractivity contribution in [3.8, 4) is 17.2 Å². The van der Waals surface area contributed by atoms with Crippen LogP contribution >= 0.6 is 0 Å². The van der Waals surface area contributed by atoms with Gasteiger partial charge in [-0.3, -0.25) is 0 Å². The minimum Gasteiger partial charge on any atom is -0.490 e. The predicted octanol–water partition coefficient (Wildman–Crippen LogP) is 3.08. The second-order valence-corrected chi connectivity index (χ2v) is 6.17. The average molecular weight is 277 g/mol. The molecule has 1 fully saturated rings. The minimum atomic E-state index is 0.277. The van der Waals surface area contributed by atoms with Crippen molar-refractivity contribution in [3.63, 3.8) is 0 Å². The molecule has 2 atom stereocenters. The Morgan fingerprint density at radius 1 is 1.10 bits per heavy atom. The SMILES string of the molecule is CC1CC(C)CC(Oc2cc3c(cc2CN)OCO3)C1. The maximum Gasteiger partial charge on any atom is 0.231 e. The van der Waals surface area contributed by atoms with Gasteiger partial charge >= 0.3 is 0 Å². The lowest BCUT2D eigenvalue weighted by molar-refractivity contribution is 0.0998. The lowest BCUT2D eigenvalue weighted by Gasteiger charge is -2.32. The first kappa shape index (κ1) is 13.6. The molecule has 1 heterocycles. The van der Waals surface area contributed by atoms with Gasteiger partial charge in [-0.2, -0.15) is 0 Å². The fourth-order valence-electron chi connectivity index (χ4n) is 3.38. The summed E-state index contributed by atoms with van der Waals surface area (Å²) in [5, 5.41) is 0. The van der Waals surface area contributed by atoms with Crippen LogP contribution in [0.15, 0.2) is 12.1 Å². The fraction of sp³-hybridized carbons (Fsp3) is 0.625. The van der Waals surface area contributed by atoms with Crippen LogP contribution in [0.25, 0.3) is 0 Å². The highest BCUT2D eigenvalue weighted by Gasteiger charge is 2.26. The molecule has 1 aliphatic carbocycles. The third kappa shape index (κ3) is 2.70. The molecule has 1 saturated carbocycles. The van der Waals surface area contributed by atoms with Crippen LogP contribution in [0, 0.1) is 11.8 Å². The summed E-state index contributed by atoms with van der Waals surface area (Å²) in [6, 6.07) is 3.86. The van der Waals surface area contributed by atoms with Crippen molar-refractivity contribution in [2.24, 2.45) is 17.6 Å². The largest absolute Gasteiger partial charge is 0.490 e. The molecular formula is C16H23NO3. The standard InChI is InChI=1S/C16H23NO3/c1-10-3-11(2)5-13(4-10)20-14-7-16-15(18-9-19-16)6-12(14)8-17/h6-7,10-11,13H,3-5,8-9,17H2,1-2H3. The molecule has 1 aromatic rings. The first-order valence-electron chi connectivity index (χ1n) is 7.45. The van der Waals surface area contributed by atoms with Gasteiger partial charge in [0.1, 0.15) is 5.75 Å². The highest BCUT2D eigenvalue weighted by molar-refractivity contribution is 5.51. The molecule has 110 valence electrons. The summed E-state index contributed by atoms with van der Waals surface area (Å²) < 4.78 is 17.0. The maximum absolute atomic E-state index is 6.23. The van der Waals surface area contributed by atoms with E-state index in [0.717, 1.165) is 47.5 Å². The van der Waals surface area contributed by atoms with E-state index in [9.17, 15) is 0 Å². The predicted molar refractivity (Wildman–Crippen MR) is 77.1 cm³/mol. The van der Waals surface area contributed by atoms with E-state index < -0.39 is 0 Å². The molecule has 4 nitrogen and oxygen atoms in total. The molecule has 0 saturated heterocycles. The van der Waals surface area contributed by atoms with Crippen LogP contribution in [0.3, 0.4) is 0 Å². The van der Waals surface area contributed by atoms with Crippen molar-refractivity contribution >= 4 is 0 Å². The van der Waals surface area contributed by atoms with E-state index in [-0.39, 0.29) is 12.9 Å². The van der Waals surface area contributed by atoms with E-state index in [1.54, 1.807) is 0 Å². The summed E-state index contributed by atoms with van der Waals surface area (Å²) in [5.41, 5.74) is 6.81. The molecule has 0 spiro atoms. The Bertz CT molecular complexity index is 479. The molecule has 4 heteroatoms. The van der Waals surface area contributed by atoms with Crippen molar-refractivity contribution in [2.75, 3.05) is 6.79 Å². The topological polar surface area (TPSA) is 53.7 Å². The van der Waals surface area contributed by atoms with Crippen molar-refractivity contribution in [1.82, 2.24) is 0 Å². The van der Waals surface area contributed by atoms with E-state index in [2.05, 4.69) is 13.8 Å². The van der Waals surface area contributed by atoms with Crippen molar-refractivity contribution in [1.29, 1.82) is 0 Å². The molecule has 2 unspecified atom stereocenters. The number of fused-ring (bicyclic) bond motifs is 1. The molecule has 0 aromatic heterocycles. The van der Waals surface area contributed by atoms with E-state index in [1.807, 2.05) is 12.1 Å². The second kappa shape index (κ2) is 5.52. The number of ether oxygens (including phenoxy) is 3. The summed E-state index contributed by atoms with van der Waals surface area (Å²) in [6.45, 7) is 5.33. The van der Waals surface area contributed by atoms with Crippen LogP contribution in [0.5, 0.6) is 17.2 Å². The van der Waals surface area contributed by atoms with Crippen LogP contribution < -0.4 is 19.9 Å². The van der Waals surface area contributed by atoms with Gasteiger partial charge in [-0.1, -0.05) is 13.8 Å². The van der Waals surface area contributed by atoms with Gasteiger partial charge in [0.2, 0.25) is 6.79 Å². The lowest BCUT2D eigenvalue weighted by Crippen LogP contribution is -2.28. The molecule has 1 aliphatic heterocycles. The van der Waals surface area contributed by atoms with Crippen LogP contribution in [-0.4, -0.2) is 12.9 Å². The molecule has 20 heavy (non-hydrogen) atoms. The third-order valence-electron chi connectivity index (χ3n) is 4.20. The van der Waals surface area contributed by atoms with E-state index in [4.69, 9.17) is 19.9 Å². The van der Waals surface area contributed by atoms with Crippen LogP contribution in [-0.2, 0) is 6.54 Å². The Morgan fingerprint density at radius 2 is 1.75 bits per heavy atom. The van der Waals surface area contributed by atoms with Gasteiger partial charge in [0, 0.05) is 18.2 Å². The summed E-state index contributed by atoms with van der Waals surface area (Å²) >= 11 is 0. The Hall–Kier alpha value is -1.42. The fourth-order valence-corrected chi connectivity index (χ4v) is 3.38. The number of hydrogen-bond donors (Lipinski definition) is 1. The Morgan fingerprint density at radius 3 is 2.40 bits per heavy atom. The number of hydrogen-bond acceptors (Lipinski definition) is 4. The monoisotopic (exact) mass is 277 g/mol. The van der Waals surface area contributed by atoms with Crippen LogP contribution in [0.4, 0.5) is 0 Å². The summed E-state index contributed by atoms with van der Waals surface area (Å²) in [7, 11) is 0. The quantitative estimate of drug-likeness (QED) is 0.922. The minimum absolute atomic E-state index is 0.277. The maximum atomic E-state index is 6.23. The van der Waals surface area contributed by atoms with Crippen molar-refractivity contribution in [2.45, 2.75) is 45.8 Å². The zero-order valence-corrected chi connectivity index (χ0v) is 12.2. The highest BCUT2D eigenvalue weighted by Crippen LogP contribution is 2.40. The van der Waals surface area contributed by atoms with Gasteiger partial charge in [0.05, 0.1) is 6.10 Å². The van der Waals surface area contributed by atoms with E-state index in [0.29, 0.717) is 6.54 Å². The van der Waals surface area contributed by atoms with Crippen molar-refractivity contribution < 1.29 is 14.2 Å². The molecule has 2 N–H and O–H groups in total. The zero-order chi connectivity index (χ0) is 14.1. The Balaban J connectivity index is 1.79. The molecule has 1 aromatic carbocycles. The molecular weight excluding hydrogens is 254 g/mol. The van der Waals surface area contributed by atoms with Crippen LogP contribution in [0.1, 0.15) is 38.7 Å². The molecule has 0 amide bonds. The molecule has 3 rings (SSSR count). The second-order valence-electron chi connectivity index (χ2n) is 6.17. The number of benzene rings is 1.